The second-order valence-corrected chi connectivity index (χ2v) is 5.77. The van der Waals surface area contributed by atoms with Gasteiger partial charge in [-0.05, 0) is 32.5 Å². The van der Waals surface area contributed by atoms with E-state index in [2.05, 4.69) is 58.0 Å². The van der Waals surface area contributed by atoms with Crippen LogP contribution in [0, 0.1) is 0 Å². The van der Waals surface area contributed by atoms with Gasteiger partial charge in [0.1, 0.15) is 0 Å². The van der Waals surface area contributed by atoms with Crippen molar-refractivity contribution >= 4 is 10.9 Å². The highest BCUT2D eigenvalue weighted by Crippen LogP contribution is 2.22. The Morgan fingerprint density at radius 3 is 2.81 bits per heavy atom. The Hall–Kier alpha value is -2.20. The number of hydrogen-bond donors (Lipinski definition) is 1. The largest absolute Gasteiger partial charge is 0.328 e. The van der Waals surface area contributed by atoms with Crippen LogP contribution in [0.25, 0.3) is 10.9 Å². The third-order valence-electron chi connectivity index (χ3n) is 4.03. The zero-order chi connectivity index (χ0) is 14.9. The summed E-state index contributed by atoms with van der Waals surface area (Å²) >= 11 is 0. The van der Waals surface area contributed by atoms with Crippen molar-refractivity contribution in [1.29, 1.82) is 0 Å². The van der Waals surface area contributed by atoms with Crippen LogP contribution in [0.1, 0.15) is 25.1 Å². The number of para-hydroxylation sites is 1. The van der Waals surface area contributed by atoms with Crippen molar-refractivity contribution in [2.45, 2.75) is 25.9 Å². The van der Waals surface area contributed by atoms with Gasteiger partial charge in [0.2, 0.25) is 0 Å². The molecule has 21 heavy (non-hydrogen) atoms. The molecule has 3 rings (SSSR count). The van der Waals surface area contributed by atoms with Crippen molar-refractivity contribution in [3.8, 4) is 0 Å². The Morgan fingerprint density at radius 1 is 1.19 bits per heavy atom. The molecule has 1 aromatic carbocycles. The van der Waals surface area contributed by atoms with E-state index in [0.29, 0.717) is 0 Å². The van der Waals surface area contributed by atoms with Crippen molar-refractivity contribution in [1.82, 2.24) is 19.9 Å². The Balaban J connectivity index is 2.03. The second kappa shape index (κ2) is 5.30. The predicted molar refractivity (Wildman–Crippen MR) is 85.2 cm³/mol. The van der Waals surface area contributed by atoms with Gasteiger partial charge in [-0.1, -0.05) is 24.3 Å². The SMILES string of the molecule is CNC(C)(C)c1cncn1Cc1cccc2cccnc12. The minimum Gasteiger partial charge on any atom is -0.328 e. The summed E-state index contributed by atoms with van der Waals surface area (Å²) in [4.78, 5) is 8.84. The maximum Gasteiger partial charge on any atom is 0.0951 e. The predicted octanol–water partition coefficient (Wildman–Crippen LogP) is 2.93. The topological polar surface area (TPSA) is 42.7 Å². The quantitative estimate of drug-likeness (QED) is 0.799. The number of rotatable bonds is 4. The standard InChI is InChI=1S/C17H20N4/c1-17(2,18-3)15-10-19-12-21(15)11-14-7-4-6-13-8-5-9-20-16(13)14/h4-10,12,18H,11H2,1-3H3. The van der Waals surface area contributed by atoms with Crippen LogP contribution in [0.5, 0.6) is 0 Å². The van der Waals surface area contributed by atoms with Gasteiger partial charge < -0.3 is 9.88 Å². The molecular weight excluding hydrogens is 260 g/mol. The summed E-state index contributed by atoms with van der Waals surface area (Å²) in [6, 6.07) is 10.4. The smallest absolute Gasteiger partial charge is 0.0951 e. The molecule has 0 aliphatic heterocycles. The number of fused-ring (bicyclic) bond motifs is 1. The molecule has 2 aromatic heterocycles. The number of nitrogens with zero attached hydrogens (tertiary/aromatic N) is 3. The van der Waals surface area contributed by atoms with E-state index in [9.17, 15) is 0 Å². The molecule has 4 nitrogen and oxygen atoms in total. The first-order valence-electron chi connectivity index (χ1n) is 7.14. The fraction of sp³-hybridized carbons (Fsp3) is 0.294. The van der Waals surface area contributed by atoms with Gasteiger partial charge in [0, 0.05) is 11.6 Å². The van der Waals surface area contributed by atoms with E-state index in [4.69, 9.17) is 0 Å². The summed E-state index contributed by atoms with van der Waals surface area (Å²) < 4.78 is 2.18. The number of benzene rings is 1. The molecule has 0 unspecified atom stereocenters. The van der Waals surface area contributed by atoms with E-state index in [1.54, 1.807) is 0 Å². The number of imidazole rings is 1. The van der Waals surface area contributed by atoms with Crippen molar-refractivity contribution in [2.75, 3.05) is 7.05 Å². The van der Waals surface area contributed by atoms with E-state index in [0.717, 1.165) is 17.8 Å². The summed E-state index contributed by atoms with van der Waals surface area (Å²) in [6.45, 7) is 5.08. The van der Waals surface area contributed by atoms with Crippen molar-refractivity contribution in [3.05, 3.63) is 60.3 Å². The molecule has 0 radical (unpaired) electrons. The van der Waals surface area contributed by atoms with Gasteiger partial charge in [0.15, 0.2) is 0 Å². The molecule has 0 saturated carbocycles. The molecule has 1 N–H and O–H groups in total. The highest BCUT2D eigenvalue weighted by atomic mass is 15.1. The lowest BCUT2D eigenvalue weighted by Gasteiger charge is -2.25. The molecule has 0 saturated heterocycles. The summed E-state index contributed by atoms with van der Waals surface area (Å²) in [5, 5.41) is 4.50. The first-order valence-corrected chi connectivity index (χ1v) is 7.14. The van der Waals surface area contributed by atoms with Crippen LogP contribution in [0.4, 0.5) is 0 Å². The minimum absolute atomic E-state index is 0.117. The molecule has 0 aliphatic rings. The number of aromatic nitrogens is 3. The molecule has 0 bridgehead atoms. The highest BCUT2D eigenvalue weighted by molar-refractivity contribution is 5.81. The zero-order valence-electron chi connectivity index (χ0n) is 12.7. The van der Waals surface area contributed by atoms with Gasteiger partial charge in [0.25, 0.3) is 0 Å². The maximum atomic E-state index is 4.52. The number of pyridine rings is 1. The van der Waals surface area contributed by atoms with Gasteiger partial charge in [-0.2, -0.15) is 0 Å². The van der Waals surface area contributed by atoms with Gasteiger partial charge in [-0.15, -0.1) is 0 Å². The van der Waals surface area contributed by atoms with Crippen molar-refractivity contribution < 1.29 is 0 Å². The molecule has 0 fully saturated rings. The van der Waals surface area contributed by atoms with E-state index in [-0.39, 0.29) is 5.54 Å². The molecule has 0 atom stereocenters. The molecule has 0 amide bonds. The summed E-state index contributed by atoms with van der Waals surface area (Å²) in [6.07, 6.45) is 5.66. The maximum absolute atomic E-state index is 4.52. The Bertz CT molecular complexity index is 753. The van der Waals surface area contributed by atoms with E-state index < -0.39 is 0 Å². The fourth-order valence-corrected chi connectivity index (χ4v) is 2.57. The zero-order valence-corrected chi connectivity index (χ0v) is 12.7. The number of hydrogen-bond acceptors (Lipinski definition) is 3. The fourth-order valence-electron chi connectivity index (χ4n) is 2.57. The molecule has 2 heterocycles. The lowest BCUT2D eigenvalue weighted by atomic mass is 10.0. The van der Waals surface area contributed by atoms with Crippen molar-refractivity contribution in [3.63, 3.8) is 0 Å². The third-order valence-corrected chi connectivity index (χ3v) is 4.03. The molecule has 0 spiro atoms. The van der Waals surface area contributed by atoms with Crippen LogP contribution in [-0.2, 0) is 12.1 Å². The van der Waals surface area contributed by atoms with Gasteiger partial charge >= 0.3 is 0 Å². The van der Waals surface area contributed by atoms with Crippen LogP contribution in [0.3, 0.4) is 0 Å². The lowest BCUT2D eigenvalue weighted by molar-refractivity contribution is 0.413. The minimum atomic E-state index is -0.117. The van der Waals surface area contributed by atoms with Crippen LogP contribution < -0.4 is 5.32 Å². The Kier molecular flexibility index (Phi) is 3.47. The summed E-state index contributed by atoms with van der Waals surface area (Å²) in [5.41, 5.74) is 3.31. The lowest BCUT2D eigenvalue weighted by Crippen LogP contribution is -2.35. The Morgan fingerprint density at radius 2 is 2.00 bits per heavy atom. The van der Waals surface area contributed by atoms with Crippen LogP contribution in [-0.4, -0.2) is 21.6 Å². The first kappa shape index (κ1) is 13.8. The van der Waals surface area contributed by atoms with Gasteiger partial charge in [-0.25, -0.2) is 4.98 Å². The second-order valence-electron chi connectivity index (χ2n) is 5.77. The average Bonchev–Trinajstić information content (AvgIpc) is 2.97. The molecule has 0 aliphatic carbocycles. The van der Waals surface area contributed by atoms with Crippen LogP contribution in [0.2, 0.25) is 0 Å². The third kappa shape index (κ3) is 2.54. The van der Waals surface area contributed by atoms with Gasteiger partial charge in [0.05, 0.1) is 35.8 Å². The monoisotopic (exact) mass is 280 g/mol. The molecule has 4 heteroatoms. The average molecular weight is 280 g/mol. The number of nitrogens with one attached hydrogen (secondary N) is 1. The summed E-state index contributed by atoms with van der Waals surface area (Å²) in [7, 11) is 1.97. The molecule has 3 aromatic rings. The van der Waals surface area contributed by atoms with Crippen molar-refractivity contribution in [2.24, 2.45) is 0 Å². The van der Waals surface area contributed by atoms with E-state index >= 15 is 0 Å². The first-order chi connectivity index (χ1) is 10.1. The van der Waals surface area contributed by atoms with E-state index in [1.807, 2.05) is 31.8 Å². The van der Waals surface area contributed by atoms with Crippen LogP contribution >= 0.6 is 0 Å². The Labute approximate surface area is 124 Å². The molecular formula is C17H20N4. The summed E-state index contributed by atoms with van der Waals surface area (Å²) in [5.74, 6) is 0. The highest BCUT2D eigenvalue weighted by Gasteiger charge is 2.22. The normalized spacial score (nSPS) is 12.0. The van der Waals surface area contributed by atoms with Crippen LogP contribution in [0.15, 0.2) is 49.1 Å². The van der Waals surface area contributed by atoms with E-state index in [1.165, 1.54) is 10.9 Å². The van der Waals surface area contributed by atoms with Gasteiger partial charge in [-0.3, -0.25) is 4.98 Å². The molecule has 108 valence electrons.